The Labute approximate surface area is 110 Å². The van der Waals surface area contributed by atoms with Crippen LogP contribution < -0.4 is 5.73 Å². The van der Waals surface area contributed by atoms with Crippen LogP contribution in [0.25, 0.3) is 0 Å². The summed E-state index contributed by atoms with van der Waals surface area (Å²) in [5, 5.41) is 0. The smallest absolute Gasteiger partial charge is 0.0948 e. The van der Waals surface area contributed by atoms with Crippen molar-refractivity contribution in [2.75, 3.05) is 13.6 Å². The van der Waals surface area contributed by atoms with E-state index in [1.807, 2.05) is 12.5 Å². The first-order chi connectivity index (χ1) is 8.77. The average Bonchev–Trinajstić information content (AvgIpc) is 2.89. The van der Waals surface area contributed by atoms with Crippen LogP contribution in [0.15, 0.2) is 12.5 Å². The summed E-state index contributed by atoms with van der Waals surface area (Å²) in [5.41, 5.74) is 7.27. The van der Waals surface area contributed by atoms with Crippen LogP contribution >= 0.6 is 0 Å². The van der Waals surface area contributed by atoms with Gasteiger partial charge in [0, 0.05) is 25.3 Å². The van der Waals surface area contributed by atoms with Crippen LogP contribution in [0, 0.1) is 0 Å². The quantitative estimate of drug-likeness (QED) is 0.871. The van der Waals surface area contributed by atoms with Crippen molar-refractivity contribution in [1.29, 1.82) is 0 Å². The standard InChI is InChI=1S/C14H26N4/c1-3-18-11-16-10-14(18)13(9-15)17(2)12-7-5-4-6-8-12/h10-13H,3-9,15H2,1-2H3. The minimum absolute atomic E-state index is 0.301. The third-order valence-corrected chi connectivity index (χ3v) is 4.29. The molecule has 102 valence electrons. The molecule has 0 bridgehead atoms. The zero-order valence-corrected chi connectivity index (χ0v) is 11.7. The Balaban J connectivity index is 2.12. The first-order valence-corrected chi connectivity index (χ1v) is 7.20. The van der Waals surface area contributed by atoms with Gasteiger partial charge in [0.1, 0.15) is 0 Å². The van der Waals surface area contributed by atoms with Gasteiger partial charge in [-0.25, -0.2) is 4.98 Å². The minimum atomic E-state index is 0.301. The lowest BCUT2D eigenvalue weighted by atomic mass is 9.93. The third-order valence-electron chi connectivity index (χ3n) is 4.29. The molecule has 0 aliphatic heterocycles. The van der Waals surface area contributed by atoms with Crippen LogP contribution in [0.4, 0.5) is 0 Å². The number of nitrogens with two attached hydrogens (primary N) is 1. The Kier molecular flexibility index (Phi) is 4.78. The van der Waals surface area contributed by atoms with Gasteiger partial charge in [-0.2, -0.15) is 0 Å². The molecule has 0 saturated heterocycles. The molecule has 1 aliphatic rings. The highest BCUT2D eigenvalue weighted by Crippen LogP contribution is 2.28. The molecule has 1 aliphatic carbocycles. The van der Waals surface area contributed by atoms with E-state index in [9.17, 15) is 0 Å². The van der Waals surface area contributed by atoms with Crippen molar-refractivity contribution < 1.29 is 0 Å². The van der Waals surface area contributed by atoms with E-state index >= 15 is 0 Å². The zero-order chi connectivity index (χ0) is 13.0. The molecule has 0 aromatic carbocycles. The Morgan fingerprint density at radius 3 is 2.78 bits per heavy atom. The van der Waals surface area contributed by atoms with Gasteiger partial charge < -0.3 is 10.3 Å². The second kappa shape index (κ2) is 6.34. The number of hydrogen-bond acceptors (Lipinski definition) is 3. The minimum Gasteiger partial charge on any atom is -0.333 e. The summed E-state index contributed by atoms with van der Waals surface area (Å²) < 4.78 is 2.21. The SMILES string of the molecule is CCn1cncc1C(CN)N(C)C1CCCCC1. The molecule has 1 heterocycles. The molecule has 0 radical (unpaired) electrons. The van der Waals surface area contributed by atoms with Gasteiger partial charge in [-0.15, -0.1) is 0 Å². The number of nitrogens with zero attached hydrogens (tertiary/aromatic N) is 3. The van der Waals surface area contributed by atoms with Gasteiger partial charge in [0.05, 0.1) is 18.1 Å². The molecule has 1 aromatic heterocycles. The van der Waals surface area contributed by atoms with Crippen molar-refractivity contribution in [2.24, 2.45) is 5.73 Å². The number of imidazole rings is 1. The molecule has 1 atom stereocenters. The summed E-state index contributed by atoms with van der Waals surface area (Å²) in [5.74, 6) is 0. The van der Waals surface area contributed by atoms with Crippen LogP contribution in [0.2, 0.25) is 0 Å². The van der Waals surface area contributed by atoms with Gasteiger partial charge in [-0.05, 0) is 26.8 Å². The number of aryl methyl sites for hydroxylation is 1. The van der Waals surface area contributed by atoms with E-state index < -0.39 is 0 Å². The summed E-state index contributed by atoms with van der Waals surface area (Å²) in [4.78, 5) is 6.74. The molecule has 0 spiro atoms. The third kappa shape index (κ3) is 2.75. The monoisotopic (exact) mass is 250 g/mol. The number of aromatic nitrogens is 2. The van der Waals surface area contributed by atoms with Crippen molar-refractivity contribution in [3.8, 4) is 0 Å². The molecule has 1 saturated carbocycles. The maximum Gasteiger partial charge on any atom is 0.0948 e. The first kappa shape index (κ1) is 13.6. The Hall–Kier alpha value is -0.870. The summed E-state index contributed by atoms with van der Waals surface area (Å²) in [6.07, 6.45) is 10.6. The normalized spacial score (nSPS) is 19.3. The predicted molar refractivity (Wildman–Crippen MR) is 74.3 cm³/mol. The highest BCUT2D eigenvalue weighted by atomic mass is 15.2. The van der Waals surface area contributed by atoms with Crippen LogP contribution in [0.3, 0.4) is 0 Å². The fraction of sp³-hybridized carbons (Fsp3) is 0.786. The van der Waals surface area contributed by atoms with Gasteiger partial charge >= 0.3 is 0 Å². The topological polar surface area (TPSA) is 47.1 Å². The van der Waals surface area contributed by atoms with E-state index in [0.29, 0.717) is 18.6 Å². The van der Waals surface area contributed by atoms with Crippen LogP contribution in [-0.2, 0) is 6.54 Å². The van der Waals surface area contributed by atoms with E-state index in [2.05, 4.69) is 28.4 Å². The summed E-state index contributed by atoms with van der Waals surface area (Å²) in [6.45, 7) is 3.78. The summed E-state index contributed by atoms with van der Waals surface area (Å²) in [7, 11) is 2.22. The fourth-order valence-corrected chi connectivity index (χ4v) is 3.11. The van der Waals surface area contributed by atoms with Gasteiger partial charge in [0.2, 0.25) is 0 Å². The predicted octanol–water partition coefficient (Wildman–Crippen LogP) is 2.17. The highest BCUT2D eigenvalue weighted by Gasteiger charge is 2.26. The summed E-state index contributed by atoms with van der Waals surface area (Å²) in [6, 6.07) is 0.989. The van der Waals surface area contributed by atoms with Crippen molar-refractivity contribution in [3.63, 3.8) is 0 Å². The fourth-order valence-electron chi connectivity index (χ4n) is 3.11. The second-order valence-electron chi connectivity index (χ2n) is 5.31. The number of rotatable bonds is 5. The van der Waals surface area contributed by atoms with Crippen molar-refractivity contribution in [3.05, 3.63) is 18.2 Å². The Morgan fingerprint density at radius 1 is 1.44 bits per heavy atom. The second-order valence-corrected chi connectivity index (χ2v) is 5.31. The lowest BCUT2D eigenvalue weighted by Crippen LogP contribution is -2.40. The van der Waals surface area contributed by atoms with Crippen LogP contribution in [-0.4, -0.2) is 34.1 Å². The molecule has 1 aromatic rings. The maximum atomic E-state index is 6.01. The van der Waals surface area contributed by atoms with Crippen molar-refractivity contribution >= 4 is 0 Å². The number of likely N-dealkylation sites (N-methyl/N-ethyl adjacent to an activating group) is 1. The number of hydrogen-bond donors (Lipinski definition) is 1. The van der Waals surface area contributed by atoms with Crippen molar-refractivity contribution in [2.45, 2.75) is 57.7 Å². The van der Waals surface area contributed by atoms with Crippen molar-refractivity contribution in [1.82, 2.24) is 14.5 Å². The Bertz CT molecular complexity index is 354. The van der Waals surface area contributed by atoms with E-state index in [1.165, 1.54) is 37.8 Å². The molecular formula is C14H26N4. The lowest BCUT2D eigenvalue weighted by Gasteiger charge is -2.36. The van der Waals surface area contributed by atoms with Gasteiger partial charge in [-0.1, -0.05) is 19.3 Å². The zero-order valence-electron chi connectivity index (χ0n) is 11.7. The van der Waals surface area contributed by atoms with Crippen LogP contribution in [0.1, 0.15) is 50.8 Å². The molecule has 4 heteroatoms. The molecular weight excluding hydrogens is 224 g/mol. The molecule has 1 fully saturated rings. The molecule has 0 amide bonds. The van der Waals surface area contributed by atoms with Gasteiger partial charge in [-0.3, -0.25) is 4.90 Å². The molecule has 18 heavy (non-hydrogen) atoms. The van der Waals surface area contributed by atoms with E-state index in [1.54, 1.807) is 0 Å². The van der Waals surface area contributed by atoms with Gasteiger partial charge in [0.25, 0.3) is 0 Å². The van der Waals surface area contributed by atoms with Crippen LogP contribution in [0.5, 0.6) is 0 Å². The molecule has 2 N–H and O–H groups in total. The van der Waals surface area contributed by atoms with E-state index in [0.717, 1.165) is 6.54 Å². The van der Waals surface area contributed by atoms with E-state index in [-0.39, 0.29) is 0 Å². The molecule has 2 rings (SSSR count). The summed E-state index contributed by atoms with van der Waals surface area (Å²) >= 11 is 0. The Morgan fingerprint density at radius 2 is 2.17 bits per heavy atom. The largest absolute Gasteiger partial charge is 0.333 e. The van der Waals surface area contributed by atoms with E-state index in [4.69, 9.17) is 5.73 Å². The first-order valence-electron chi connectivity index (χ1n) is 7.20. The lowest BCUT2D eigenvalue weighted by molar-refractivity contribution is 0.136. The average molecular weight is 250 g/mol. The molecule has 4 nitrogen and oxygen atoms in total. The highest BCUT2D eigenvalue weighted by molar-refractivity contribution is 5.07. The van der Waals surface area contributed by atoms with Gasteiger partial charge in [0.15, 0.2) is 0 Å². The maximum absolute atomic E-state index is 6.01. The molecule has 1 unspecified atom stereocenters.